The molecule has 1 heterocycles. The van der Waals surface area contributed by atoms with E-state index in [9.17, 15) is 10.1 Å². The topological polar surface area (TPSA) is 55.7 Å². The first kappa shape index (κ1) is 8.19. The first-order valence-electron chi connectivity index (χ1n) is 4.05. The molecule has 1 atom stereocenters. The smallest absolute Gasteiger partial charge is 0.272 e. The minimum Gasteiger partial charge on any atom is -0.368 e. The van der Waals surface area contributed by atoms with Gasteiger partial charge in [0.2, 0.25) is 0 Å². The van der Waals surface area contributed by atoms with E-state index in [-0.39, 0.29) is 16.7 Å². The Kier molecular flexibility index (Phi) is 1.77. The summed E-state index contributed by atoms with van der Waals surface area (Å²) in [6.07, 6.45) is 0.0827. The monoisotopic (exact) mass is 179 g/mol. The molecule has 0 aromatic heterocycles. The molecule has 0 amide bonds. The summed E-state index contributed by atoms with van der Waals surface area (Å²) >= 11 is 0. The van der Waals surface area contributed by atoms with Crippen molar-refractivity contribution in [2.24, 2.45) is 0 Å². The standard InChI is InChI=1S/C9H9NO3/c1-6-2-3-7(9-5-13-9)4-8(6)10(11)12/h2-4,9H,5H2,1H3. The molecular weight excluding hydrogens is 170 g/mol. The van der Waals surface area contributed by atoms with E-state index in [4.69, 9.17) is 4.74 Å². The minimum absolute atomic E-state index is 0.0827. The van der Waals surface area contributed by atoms with Gasteiger partial charge < -0.3 is 4.74 Å². The Balaban J connectivity index is 2.41. The molecular formula is C9H9NO3. The summed E-state index contributed by atoms with van der Waals surface area (Å²) in [6, 6.07) is 5.22. The fourth-order valence-electron chi connectivity index (χ4n) is 1.26. The van der Waals surface area contributed by atoms with Crippen LogP contribution in [0.2, 0.25) is 0 Å². The van der Waals surface area contributed by atoms with Crippen LogP contribution in [0.4, 0.5) is 5.69 Å². The molecule has 2 rings (SSSR count). The molecule has 1 aliphatic heterocycles. The van der Waals surface area contributed by atoms with Crippen molar-refractivity contribution < 1.29 is 9.66 Å². The van der Waals surface area contributed by atoms with Crippen molar-refractivity contribution in [3.05, 3.63) is 39.4 Å². The van der Waals surface area contributed by atoms with Crippen LogP contribution in [0, 0.1) is 17.0 Å². The maximum Gasteiger partial charge on any atom is 0.272 e. The summed E-state index contributed by atoms with van der Waals surface area (Å²) in [5.74, 6) is 0. The molecule has 1 aromatic carbocycles. The summed E-state index contributed by atoms with van der Waals surface area (Å²) in [7, 11) is 0. The van der Waals surface area contributed by atoms with Crippen molar-refractivity contribution >= 4 is 5.69 Å². The van der Waals surface area contributed by atoms with Crippen LogP contribution in [0.1, 0.15) is 17.2 Å². The van der Waals surface area contributed by atoms with Gasteiger partial charge in [0.25, 0.3) is 5.69 Å². The zero-order chi connectivity index (χ0) is 9.42. The quantitative estimate of drug-likeness (QED) is 0.396. The van der Waals surface area contributed by atoms with Crippen LogP contribution in [0.15, 0.2) is 18.2 Å². The van der Waals surface area contributed by atoms with Crippen LogP contribution in [-0.4, -0.2) is 11.5 Å². The molecule has 4 nitrogen and oxygen atoms in total. The highest BCUT2D eigenvalue weighted by Gasteiger charge is 2.26. The number of benzene rings is 1. The van der Waals surface area contributed by atoms with Crippen LogP contribution < -0.4 is 0 Å². The maximum atomic E-state index is 10.6. The lowest BCUT2D eigenvalue weighted by molar-refractivity contribution is -0.385. The second-order valence-electron chi connectivity index (χ2n) is 3.13. The number of ether oxygens (including phenoxy) is 1. The average molecular weight is 179 g/mol. The first-order valence-corrected chi connectivity index (χ1v) is 4.05. The summed E-state index contributed by atoms with van der Waals surface area (Å²) in [4.78, 5) is 10.2. The third-order valence-electron chi connectivity index (χ3n) is 2.14. The van der Waals surface area contributed by atoms with Crippen LogP contribution in [0.3, 0.4) is 0 Å². The molecule has 1 aliphatic rings. The van der Waals surface area contributed by atoms with Gasteiger partial charge >= 0.3 is 0 Å². The van der Waals surface area contributed by atoms with E-state index >= 15 is 0 Å². The van der Waals surface area contributed by atoms with Gasteiger partial charge in [0.1, 0.15) is 6.10 Å². The number of aryl methyl sites for hydroxylation is 1. The highest BCUT2D eigenvalue weighted by Crippen LogP contribution is 2.32. The van der Waals surface area contributed by atoms with E-state index in [0.717, 1.165) is 5.56 Å². The Bertz CT molecular complexity index is 358. The molecule has 1 fully saturated rings. The molecule has 0 N–H and O–H groups in total. The van der Waals surface area contributed by atoms with Crippen molar-refractivity contribution in [1.82, 2.24) is 0 Å². The third-order valence-corrected chi connectivity index (χ3v) is 2.14. The average Bonchev–Trinajstić information content (AvgIpc) is 2.87. The van der Waals surface area contributed by atoms with Crippen LogP contribution >= 0.6 is 0 Å². The van der Waals surface area contributed by atoms with Crippen molar-refractivity contribution in [3.63, 3.8) is 0 Å². The molecule has 13 heavy (non-hydrogen) atoms. The Morgan fingerprint density at radius 2 is 2.31 bits per heavy atom. The normalized spacial score (nSPS) is 19.9. The van der Waals surface area contributed by atoms with Crippen molar-refractivity contribution in [2.45, 2.75) is 13.0 Å². The van der Waals surface area contributed by atoms with Gasteiger partial charge in [-0.3, -0.25) is 10.1 Å². The molecule has 68 valence electrons. The van der Waals surface area contributed by atoms with Crippen molar-refractivity contribution in [2.75, 3.05) is 6.61 Å². The van der Waals surface area contributed by atoms with Gasteiger partial charge in [-0.2, -0.15) is 0 Å². The lowest BCUT2D eigenvalue weighted by atomic mass is 10.1. The van der Waals surface area contributed by atoms with Crippen LogP contribution in [-0.2, 0) is 4.74 Å². The lowest BCUT2D eigenvalue weighted by Crippen LogP contribution is -1.93. The largest absolute Gasteiger partial charge is 0.368 e. The Morgan fingerprint density at radius 3 is 2.85 bits per heavy atom. The van der Waals surface area contributed by atoms with E-state index in [2.05, 4.69) is 0 Å². The van der Waals surface area contributed by atoms with Gasteiger partial charge in [-0.1, -0.05) is 12.1 Å². The van der Waals surface area contributed by atoms with Gasteiger partial charge in [-0.15, -0.1) is 0 Å². The number of rotatable bonds is 2. The number of nitro benzene ring substituents is 1. The first-order chi connectivity index (χ1) is 6.18. The lowest BCUT2D eigenvalue weighted by Gasteiger charge is -1.99. The molecule has 0 radical (unpaired) electrons. The van der Waals surface area contributed by atoms with Gasteiger partial charge in [-0.05, 0) is 12.5 Å². The summed E-state index contributed by atoms with van der Waals surface area (Å²) in [6.45, 7) is 2.41. The SMILES string of the molecule is Cc1ccc(C2CO2)cc1[N+](=O)[O-]. The third kappa shape index (κ3) is 1.53. The minimum atomic E-state index is -0.360. The predicted molar refractivity (Wildman–Crippen MR) is 46.5 cm³/mol. The summed E-state index contributed by atoms with van der Waals surface area (Å²) < 4.78 is 5.05. The summed E-state index contributed by atoms with van der Waals surface area (Å²) in [5, 5.41) is 10.6. The van der Waals surface area contributed by atoms with E-state index in [1.807, 2.05) is 6.07 Å². The Labute approximate surface area is 75.3 Å². The molecule has 0 spiro atoms. The zero-order valence-electron chi connectivity index (χ0n) is 7.19. The van der Waals surface area contributed by atoms with Crippen LogP contribution in [0.5, 0.6) is 0 Å². The number of nitrogens with zero attached hydrogens (tertiary/aromatic N) is 1. The van der Waals surface area contributed by atoms with E-state index in [1.54, 1.807) is 19.1 Å². The van der Waals surface area contributed by atoms with Crippen molar-refractivity contribution in [1.29, 1.82) is 0 Å². The molecule has 1 unspecified atom stereocenters. The molecule has 0 saturated carbocycles. The van der Waals surface area contributed by atoms with Gasteiger partial charge in [0.05, 0.1) is 11.5 Å². The van der Waals surface area contributed by atoms with E-state index in [0.29, 0.717) is 12.2 Å². The second-order valence-corrected chi connectivity index (χ2v) is 3.13. The predicted octanol–water partition coefficient (Wildman–Crippen LogP) is 1.97. The Hall–Kier alpha value is -1.42. The fourth-order valence-corrected chi connectivity index (χ4v) is 1.26. The second kappa shape index (κ2) is 2.81. The van der Waals surface area contributed by atoms with Crippen LogP contribution in [0.25, 0.3) is 0 Å². The van der Waals surface area contributed by atoms with Crippen molar-refractivity contribution in [3.8, 4) is 0 Å². The molecule has 4 heteroatoms. The molecule has 0 bridgehead atoms. The van der Waals surface area contributed by atoms with E-state index in [1.165, 1.54) is 0 Å². The Morgan fingerprint density at radius 1 is 1.62 bits per heavy atom. The van der Waals surface area contributed by atoms with Gasteiger partial charge in [0.15, 0.2) is 0 Å². The highest BCUT2D eigenvalue weighted by atomic mass is 16.6. The fraction of sp³-hybridized carbons (Fsp3) is 0.333. The number of hydrogen-bond donors (Lipinski definition) is 0. The van der Waals surface area contributed by atoms with E-state index < -0.39 is 0 Å². The maximum absolute atomic E-state index is 10.6. The molecule has 1 saturated heterocycles. The molecule has 1 aromatic rings. The number of epoxide rings is 1. The molecule has 0 aliphatic carbocycles. The highest BCUT2D eigenvalue weighted by molar-refractivity contribution is 5.43. The number of hydrogen-bond acceptors (Lipinski definition) is 3. The zero-order valence-corrected chi connectivity index (χ0v) is 7.19. The summed E-state index contributed by atoms with van der Waals surface area (Å²) in [5.41, 5.74) is 1.76. The van der Waals surface area contributed by atoms with Gasteiger partial charge in [-0.25, -0.2) is 0 Å². The number of nitro groups is 1. The van der Waals surface area contributed by atoms with Gasteiger partial charge in [0, 0.05) is 11.6 Å².